The van der Waals surface area contributed by atoms with E-state index < -0.39 is 10.0 Å². The Bertz CT molecular complexity index is 586. The first kappa shape index (κ1) is 16.5. The van der Waals surface area contributed by atoms with Gasteiger partial charge in [0.05, 0.1) is 25.0 Å². The van der Waals surface area contributed by atoms with Crippen LogP contribution in [0.3, 0.4) is 0 Å². The minimum absolute atomic E-state index is 0.00818. The molecule has 0 aliphatic carbocycles. The fourth-order valence-electron chi connectivity index (χ4n) is 2.35. The molecule has 8 heteroatoms. The summed E-state index contributed by atoms with van der Waals surface area (Å²) in [7, 11) is -3.61. The van der Waals surface area contributed by atoms with E-state index in [-0.39, 0.29) is 29.9 Å². The minimum Gasteiger partial charge on any atom is -0.398 e. The molecule has 6 nitrogen and oxygen atoms in total. The summed E-state index contributed by atoms with van der Waals surface area (Å²) in [5, 5.41) is 9.13. The zero-order valence-corrected chi connectivity index (χ0v) is 13.1. The highest BCUT2D eigenvalue weighted by Crippen LogP contribution is 2.27. The van der Waals surface area contributed by atoms with Gasteiger partial charge in [0.2, 0.25) is 10.0 Å². The van der Waals surface area contributed by atoms with Crippen LogP contribution < -0.4 is 5.73 Å². The standard InChI is InChI=1S/C13H19ClN2O4S/c14-10-1-2-13(12(15)9-10)21(18,19)16-5-3-11(4-6-16)20-8-7-17/h1-2,9,11,17H,3-8,15H2. The topological polar surface area (TPSA) is 92.9 Å². The molecule has 118 valence electrons. The molecular weight excluding hydrogens is 316 g/mol. The van der Waals surface area contributed by atoms with E-state index >= 15 is 0 Å². The lowest BCUT2D eigenvalue weighted by Crippen LogP contribution is -2.41. The third-order valence-corrected chi connectivity index (χ3v) is 5.64. The highest BCUT2D eigenvalue weighted by Gasteiger charge is 2.30. The van der Waals surface area contributed by atoms with Crippen LogP contribution in [0.1, 0.15) is 12.8 Å². The van der Waals surface area contributed by atoms with E-state index in [1.54, 1.807) is 0 Å². The van der Waals surface area contributed by atoms with Crippen molar-refractivity contribution < 1.29 is 18.3 Å². The number of benzene rings is 1. The lowest BCUT2D eigenvalue weighted by atomic mass is 10.1. The maximum absolute atomic E-state index is 12.6. The van der Waals surface area contributed by atoms with E-state index in [0.29, 0.717) is 31.0 Å². The Morgan fingerprint density at radius 2 is 2.05 bits per heavy atom. The van der Waals surface area contributed by atoms with E-state index in [0.717, 1.165) is 0 Å². The van der Waals surface area contributed by atoms with Crippen LogP contribution in [0.25, 0.3) is 0 Å². The van der Waals surface area contributed by atoms with Gasteiger partial charge >= 0.3 is 0 Å². The number of hydrogen-bond acceptors (Lipinski definition) is 5. The van der Waals surface area contributed by atoms with Crippen LogP contribution in [0.15, 0.2) is 23.1 Å². The number of ether oxygens (including phenoxy) is 1. The normalized spacial score (nSPS) is 18.0. The third-order valence-electron chi connectivity index (χ3n) is 3.44. The summed E-state index contributed by atoms with van der Waals surface area (Å²) < 4.78 is 32.0. The van der Waals surface area contributed by atoms with Crippen LogP contribution in [0.5, 0.6) is 0 Å². The molecule has 1 aliphatic rings. The van der Waals surface area contributed by atoms with E-state index in [2.05, 4.69) is 0 Å². The Morgan fingerprint density at radius 3 is 2.62 bits per heavy atom. The van der Waals surface area contributed by atoms with Gasteiger partial charge in [0.25, 0.3) is 0 Å². The van der Waals surface area contributed by atoms with E-state index in [4.69, 9.17) is 27.2 Å². The number of nitrogens with two attached hydrogens (primary N) is 1. The fraction of sp³-hybridized carbons (Fsp3) is 0.538. The smallest absolute Gasteiger partial charge is 0.245 e. The van der Waals surface area contributed by atoms with Crippen molar-refractivity contribution in [3.05, 3.63) is 23.2 Å². The van der Waals surface area contributed by atoms with Crippen molar-refractivity contribution in [1.82, 2.24) is 4.31 Å². The highest BCUT2D eigenvalue weighted by atomic mass is 35.5. The van der Waals surface area contributed by atoms with Crippen LogP contribution in [-0.2, 0) is 14.8 Å². The summed E-state index contributed by atoms with van der Waals surface area (Å²) in [6, 6.07) is 4.38. The van der Waals surface area contributed by atoms with Crippen LogP contribution in [0, 0.1) is 0 Å². The van der Waals surface area contributed by atoms with Gasteiger partial charge in [-0.3, -0.25) is 0 Å². The first-order valence-corrected chi connectivity index (χ1v) is 8.54. The summed E-state index contributed by atoms with van der Waals surface area (Å²) in [6.07, 6.45) is 1.20. The Labute approximate surface area is 129 Å². The SMILES string of the molecule is Nc1cc(Cl)ccc1S(=O)(=O)N1CCC(OCCO)CC1. The van der Waals surface area contributed by atoms with Gasteiger partial charge in [-0.1, -0.05) is 11.6 Å². The summed E-state index contributed by atoms with van der Waals surface area (Å²) in [6.45, 7) is 1.00. The molecule has 0 aromatic heterocycles. The van der Waals surface area contributed by atoms with Gasteiger partial charge in [0, 0.05) is 18.1 Å². The molecule has 3 N–H and O–H groups in total. The van der Waals surface area contributed by atoms with Crippen LogP contribution in [-0.4, -0.2) is 50.2 Å². The van der Waals surface area contributed by atoms with Gasteiger partial charge in [-0.2, -0.15) is 4.31 Å². The lowest BCUT2D eigenvalue weighted by Gasteiger charge is -2.31. The summed E-state index contributed by atoms with van der Waals surface area (Å²) in [5.74, 6) is 0. The first-order valence-electron chi connectivity index (χ1n) is 6.73. The van der Waals surface area contributed by atoms with Gasteiger partial charge in [0.15, 0.2) is 0 Å². The van der Waals surface area contributed by atoms with Crippen molar-refractivity contribution in [2.45, 2.75) is 23.8 Å². The second-order valence-corrected chi connectivity index (χ2v) is 7.22. The summed E-state index contributed by atoms with van der Waals surface area (Å²) >= 11 is 5.80. The zero-order chi connectivity index (χ0) is 15.5. The molecule has 0 radical (unpaired) electrons. The molecule has 2 rings (SSSR count). The third kappa shape index (κ3) is 3.87. The predicted octanol–water partition coefficient (Wildman–Crippen LogP) is 1.08. The number of aliphatic hydroxyl groups excluding tert-OH is 1. The van der Waals surface area contributed by atoms with Gasteiger partial charge in [-0.25, -0.2) is 8.42 Å². The van der Waals surface area contributed by atoms with Crippen molar-refractivity contribution in [2.75, 3.05) is 32.0 Å². The molecule has 0 atom stereocenters. The predicted molar refractivity (Wildman–Crippen MR) is 80.7 cm³/mol. The van der Waals surface area contributed by atoms with Gasteiger partial charge in [-0.15, -0.1) is 0 Å². The second kappa shape index (κ2) is 6.93. The molecule has 0 spiro atoms. The monoisotopic (exact) mass is 334 g/mol. The molecule has 0 amide bonds. The van der Waals surface area contributed by atoms with E-state index in [1.165, 1.54) is 22.5 Å². The summed E-state index contributed by atoms with van der Waals surface area (Å²) in [4.78, 5) is 0.0848. The maximum atomic E-state index is 12.6. The van der Waals surface area contributed by atoms with Crippen molar-refractivity contribution in [3.8, 4) is 0 Å². The minimum atomic E-state index is -3.61. The highest BCUT2D eigenvalue weighted by molar-refractivity contribution is 7.89. The molecule has 1 saturated heterocycles. The number of anilines is 1. The Hall–Kier alpha value is -0.860. The maximum Gasteiger partial charge on any atom is 0.245 e. The van der Waals surface area contributed by atoms with Gasteiger partial charge < -0.3 is 15.6 Å². The zero-order valence-electron chi connectivity index (χ0n) is 11.5. The van der Waals surface area contributed by atoms with Crippen molar-refractivity contribution in [3.63, 3.8) is 0 Å². The van der Waals surface area contributed by atoms with Crippen LogP contribution >= 0.6 is 11.6 Å². The molecule has 1 aromatic carbocycles. The molecule has 1 aliphatic heterocycles. The molecule has 1 heterocycles. The molecule has 0 unspecified atom stereocenters. The largest absolute Gasteiger partial charge is 0.398 e. The van der Waals surface area contributed by atoms with Crippen LogP contribution in [0.4, 0.5) is 5.69 Å². The van der Waals surface area contributed by atoms with E-state index in [9.17, 15) is 8.42 Å². The average Bonchev–Trinajstić information content (AvgIpc) is 2.45. The number of hydrogen-bond donors (Lipinski definition) is 2. The molecular formula is C13H19ClN2O4S. The lowest BCUT2D eigenvalue weighted by molar-refractivity contribution is 0.00319. The average molecular weight is 335 g/mol. The molecule has 0 bridgehead atoms. The Balaban J connectivity index is 2.08. The summed E-state index contributed by atoms with van der Waals surface area (Å²) in [5.41, 5.74) is 5.92. The van der Waals surface area contributed by atoms with Crippen LogP contribution in [0.2, 0.25) is 5.02 Å². The molecule has 1 aromatic rings. The second-order valence-electron chi connectivity index (χ2n) is 4.88. The number of nitrogen functional groups attached to an aromatic ring is 1. The quantitative estimate of drug-likeness (QED) is 0.786. The Kier molecular flexibility index (Phi) is 5.45. The number of halogens is 1. The number of rotatable bonds is 5. The number of sulfonamides is 1. The fourth-order valence-corrected chi connectivity index (χ4v) is 4.10. The molecule has 1 fully saturated rings. The number of nitrogens with zero attached hydrogens (tertiary/aromatic N) is 1. The molecule has 0 saturated carbocycles. The number of aliphatic hydroxyl groups is 1. The molecule has 21 heavy (non-hydrogen) atoms. The van der Waals surface area contributed by atoms with Gasteiger partial charge in [-0.05, 0) is 31.0 Å². The van der Waals surface area contributed by atoms with Crippen molar-refractivity contribution >= 4 is 27.3 Å². The first-order chi connectivity index (χ1) is 9.95. The van der Waals surface area contributed by atoms with Gasteiger partial charge in [0.1, 0.15) is 4.90 Å². The Morgan fingerprint density at radius 1 is 1.38 bits per heavy atom. The van der Waals surface area contributed by atoms with Crippen molar-refractivity contribution in [2.24, 2.45) is 0 Å². The number of piperidine rings is 1. The van der Waals surface area contributed by atoms with Crippen molar-refractivity contribution in [1.29, 1.82) is 0 Å². The van der Waals surface area contributed by atoms with E-state index in [1.807, 2.05) is 0 Å².